The van der Waals surface area contributed by atoms with Gasteiger partial charge < -0.3 is 19.0 Å². The summed E-state index contributed by atoms with van der Waals surface area (Å²) in [7, 11) is 0. The Hall–Kier alpha value is -2.18. The van der Waals surface area contributed by atoms with E-state index in [-0.39, 0.29) is 6.10 Å². The summed E-state index contributed by atoms with van der Waals surface area (Å²) in [6, 6.07) is 8.12. The first-order chi connectivity index (χ1) is 14.5. The SMILES string of the molecule is CCCC(OCC1CCCC(OCc2nc(-c3ccc(C)cc3)oc2C)C1)C(=O)O. The number of aliphatic carboxylic acids is 1. The molecular weight excluding hydrogens is 382 g/mol. The first kappa shape index (κ1) is 22.5. The number of oxazole rings is 1. The van der Waals surface area contributed by atoms with Crippen molar-refractivity contribution in [2.24, 2.45) is 5.92 Å². The van der Waals surface area contributed by atoms with Crippen LogP contribution in [0.4, 0.5) is 0 Å². The highest BCUT2D eigenvalue weighted by Crippen LogP contribution is 2.29. The standard InChI is InChI=1S/C24H33NO5/c1-4-6-22(24(26)27)29-14-18-7-5-8-20(13-18)28-15-21-17(3)30-23(25-21)19-11-9-16(2)10-12-19/h9-12,18,20,22H,4-8,13-15H2,1-3H3,(H,26,27). The summed E-state index contributed by atoms with van der Waals surface area (Å²) in [5.74, 6) is 0.872. The summed E-state index contributed by atoms with van der Waals surface area (Å²) in [5.41, 5.74) is 2.99. The average molecular weight is 416 g/mol. The van der Waals surface area contributed by atoms with E-state index < -0.39 is 12.1 Å². The molecule has 3 rings (SSSR count). The molecule has 0 amide bonds. The van der Waals surface area contributed by atoms with Gasteiger partial charge in [-0.3, -0.25) is 0 Å². The lowest BCUT2D eigenvalue weighted by Gasteiger charge is -2.29. The third-order valence-electron chi connectivity index (χ3n) is 5.74. The van der Waals surface area contributed by atoms with Crippen LogP contribution in [0.25, 0.3) is 11.5 Å². The molecule has 3 atom stereocenters. The number of carboxylic acid groups (broad SMARTS) is 1. The molecule has 1 aromatic carbocycles. The Bertz CT molecular complexity index is 814. The second kappa shape index (κ2) is 10.7. The first-order valence-corrected chi connectivity index (χ1v) is 11.0. The van der Waals surface area contributed by atoms with Gasteiger partial charge in [0, 0.05) is 5.56 Å². The summed E-state index contributed by atoms with van der Waals surface area (Å²) < 4.78 is 17.7. The maximum Gasteiger partial charge on any atom is 0.332 e. The van der Waals surface area contributed by atoms with Gasteiger partial charge in [0.1, 0.15) is 11.5 Å². The van der Waals surface area contributed by atoms with Crippen LogP contribution in [0, 0.1) is 19.8 Å². The summed E-state index contributed by atoms with van der Waals surface area (Å²) in [4.78, 5) is 15.9. The normalized spacial score (nSPS) is 20.2. The number of hydrogen-bond donors (Lipinski definition) is 1. The van der Waals surface area contributed by atoms with Gasteiger partial charge >= 0.3 is 5.97 Å². The number of carboxylic acids is 1. The molecule has 0 spiro atoms. The first-order valence-electron chi connectivity index (χ1n) is 11.0. The molecule has 1 aliphatic rings. The van der Waals surface area contributed by atoms with Crippen molar-refractivity contribution in [3.8, 4) is 11.5 Å². The second-order valence-corrected chi connectivity index (χ2v) is 8.30. The highest BCUT2D eigenvalue weighted by molar-refractivity contribution is 5.72. The summed E-state index contributed by atoms with van der Waals surface area (Å²) in [6.45, 7) is 6.85. The van der Waals surface area contributed by atoms with E-state index in [1.807, 2.05) is 38.1 Å². The van der Waals surface area contributed by atoms with Crippen molar-refractivity contribution in [1.29, 1.82) is 0 Å². The highest BCUT2D eigenvalue weighted by Gasteiger charge is 2.26. The maximum atomic E-state index is 11.3. The van der Waals surface area contributed by atoms with Crippen LogP contribution >= 0.6 is 0 Å². The molecule has 0 radical (unpaired) electrons. The molecule has 164 valence electrons. The molecular formula is C24H33NO5. The lowest BCUT2D eigenvalue weighted by Crippen LogP contribution is -2.30. The van der Waals surface area contributed by atoms with E-state index in [0.29, 0.717) is 31.4 Å². The number of ether oxygens (including phenoxy) is 2. The minimum Gasteiger partial charge on any atom is -0.479 e. The van der Waals surface area contributed by atoms with Crippen molar-refractivity contribution in [2.45, 2.75) is 78.1 Å². The monoisotopic (exact) mass is 415 g/mol. The molecule has 3 unspecified atom stereocenters. The molecule has 2 aromatic rings. The van der Waals surface area contributed by atoms with Crippen LogP contribution in [0.1, 0.15) is 62.5 Å². The topological polar surface area (TPSA) is 81.8 Å². The molecule has 30 heavy (non-hydrogen) atoms. The van der Waals surface area contributed by atoms with E-state index in [1.54, 1.807) is 0 Å². The third kappa shape index (κ3) is 6.16. The van der Waals surface area contributed by atoms with Crippen LogP contribution in [0.15, 0.2) is 28.7 Å². The van der Waals surface area contributed by atoms with E-state index in [9.17, 15) is 9.90 Å². The van der Waals surface area contributed by atoms with E-state index in [4.69, 9.17) is 13.9 Å². The largest absolute Gasteiger partial charge is 0.479 e. The molecule has 1 heterocycles. The number of rotatable bonds is 10. The lowest BCUT2D eigenvalue weighted by atomic mass is 9.87. The number of nitrogens with zero attached hydrogens (tertiary/aromatic N) is 1. The Morgan fingerprint density at radius 3 is 2.73 bits per heavy atom. The predicted octanol–water partition coefficient (Wildman–Crippen LogP) is 5.30. The van der Waals surface area contributed by atoms with Gasteiger partial charge in [-0.2, -0.15) is 0 Å². The second-order valence-electron chi connectivity index (χ2n) is 8.30. The highest BCUT2D eigenvalue weighted by atomic mass is 16.5. The van der Waals surface area contributed by atoms with Crippen molar-refractivity contribution < 1.29 is 23.8 Å². The van der Waals surface area contributed by atoms with Gasteiger partial charge in [-0.25, -0.2) is 9.78 Å². The number of benzene rings is 1. The Morgan fingerprint density at radius 1 is 1.27 bits per heavy atom. The van der Waals surface area contributed by atoms with Gasteiger partial charge in [0.15, 0.2) is 6.10 Å². The van der Waals surface area contributed by atoms with Crippen molar-refractivity contribution >= 4 is 5.97 Å². The maximum absolute atomic E-state index is 11.3. The fraction of sp³-hybridized carbons (Fsp3) is 0.583. The van der Waals surface area contributed by atoms with Gasteiger partial charge in [-0.05, 0) is 57.6 Å². The summed E-state index contributed by atoms with van der Waals surface area (Å²) in [6.07, 6.45) is 4.81. The van der Waals surface area contributed by atoms with Gasteiger partial charge in [0.25, 0.3) is 0 Å². The molecule has 1 N–H and O–H groups in total. The van der Waals surface area contributed by atoms with Crippen LogP contribution in [-0.2, 0) is 20.9 Å². The zero-order chi connectivity index (χ0) is 21.5. The summed E-state index contributed by atoms with van der Waals surface area (Å²) in [5, 5.41) is 9.25. The third-order valence-corrected chi connectivity index (χ3v) is 5.74. The fourth-order valence-electron chi connectivity index (χ4n) is 3.92. The van der Waals surface area contributed by atoms with Crippen molar-refractivity contribution in [1.82, 2.24) is 4.98 Å². The van der Waals surface area contributed by atoms with E-state index in [1.165, 1.54) is 5.56 Å². The summed E-state index contributed by atoms with van der Waals surface area (Å²) >= 11 is 0. The Kier molecular flexibility index (Phi) is 8.05. The molecule has 6 nitrogen and oxygen atoms in total. The van der Waals surface area contributed by atoms with Crippen LogP contribution < -0.4 is 0 Å². The van der Waals surface area contributed by atoms with Crippen molar-refractivity contribution in [3.05, 3.63) is 41.3 Å². The number of hydrogen-bond acceptors (Lipinski definition) is 5. The number of carbonyl (C=O) groups is 1. The van der Waals surface area contributed by atoms with Crippen LogP contribution in [-0.4, -0.2) is 34.9 Å². The van der Waals surface area contributed by atoms with Crippen molar-refractivity contribution in [3.63, 3.8) is 0 Å². The van der Waals surface area contributed by atoms with Gasteiger partial charge in [0.05, 0.1) is 19.3 Å². The van der Waals surface area contributed by atoms with Crippen LogP contribution in [0.3, 0.4) is 0 Å². The van der Waals surface area contributed by atoms with Crippen LogP contribution in [0.5, 0.6) is 0 Å². The zero-order valence-corrected chi connectivity index (χ0v) is 18.2. The molecule has 0 saturated heterocycles. The molecule has 1 aliphatic carbocycles. The molecule has 1 aromatic heterocycles. The minimum atomic E-state index is -0.869. The molecule has 1 saturated carbocycles. The Balaban J connectivity index is 1.51. The van der Waals surface area contributed by atoms with Gasteiger partial charge in [0.2, 0.25) is 5.89 Å². The lowest BCUT2D eigenvalue weighted by molar-refractivity contribution is -0.152. The minimum absolute atomic E-state index is 0.140. The average Bonchev–Trinajstić information content (AvgIpc) is 3.10. The smallest absolute Gasteiger partial charge is 0.332 e. The molecule has 0 bridgehead atoms. The van der Waals surface area contributed by atoms with E-state index in [0.717, 1.165) is 49.1 Å². The molecule has 0 aliphatic heterocycles. The zero-order valence-electron chi connectivity index (χ0n) is 18.2. The van der Waals surface area contributed by atoms with Gasteiger partial charge in [-0.15, -0.1) is 0 Å². The quantitative estimate of drug-likeness (QED) is 0.567. The molecule has 1 fully saturated rings. The fourth-order valence-corrected chi connectivity index (χ4v) is 3.92. The number of aryl methyl sites for hydroxylation is 2. The number of aromatic nitrogens is 1. The van der Waals surface area contributed by atoms with Gasteiger partial charge in [-0.1, -0.05) is 37.5 Å². The Labute approximate surface area is 178 Å². The van der Waals surface area contributed by atoms with E-state index in [2.05, 4.69) is 11.9 Å². The Morgan fingerprint density at radius 2 is 2.03 bits per heavy atom. The van der Waals surface area contributed by atoms with Crippen molar-refractivity contribution in [2.75, 3.05) is 6.61 Å². The van der Waals surface area contributed by atoms with E-state index >= 15 is 0 Å². The van der Waals surface area contributed by atoms with Crippen LogP contribution in [0.2, 0.25) is 0 Å². The molecule has 6 heteroatoms. The predicted molar refractivity (Wildman–Crippen MR) is 114 cm³/mol.